The molecule has 0 aliphatic heterocycles. The molecule has 1 aromatic carbocycles. The minimum Gasteiger partial charge on any atom is -0.494 e. The lowest BCUT2D eigenvalue weighted by Crippen LogP contribution is -2.00. The van der Waals surface area contributed by atoms with E-state index in [1.54, 1.807) is 0 Å². The fourth-order valence-corrected chi connectivity index (χ4v) is 1.57. The first-order valence-electron chi connectivity index (χ1n) is 6.13. The Balaban J connectivity index is 2.43. The molecule has 0 aliphatic carbocycles. The molecule has 0 saturated carbocycles. The number of benzene rings is 1. The van der Waals surface area contributed by atoms with Gasteiger partial charge in [-0.3, -0.25) is 0 Å². The van der Waals surface area contributed by atoms with E-state index in [9.17, 15) is 0 Å². The lowest BCUT2D eigenvalue weighted by Gasteiger charge is -2.06. The third kappa shape index (κ3) is 4.46. The first-order valence-corrected chi connectivity index (χ1v) is 6.13. The van der Waals surface area contributed by atoms with Crippen LogP contribution in [0.25, 0.3) is 0 Å². The third-order valence-electron chi connectivity index (χ3n) is 2.59. The van der Waals surface area contributed by atoms with Crippen molar-refractivity contribution in [3.8, 4) is 11.8 Å². The van der Waals surface area contributed by atoms with Crippen molar-refractivity contribution in [1.82, 2.24) is 0 Å². The Hall–Kier alpha value is -2.02. The minimum absolute atomic E-state index is 0.578. The van der Waals surface area contributed by atoms with Crippen LogP contribution in [0, 0.1) is 11.3 Å². The molecule has 0 spiro atoms. The number of nitriles is 1. The van der Waals surface area contributed by atoms with Gasteiger partial charge in [-0.25, -0.2) is 0 Å². The highest BCUT2D eigenvalue weighted by Crippen LogP contribution is 2.14. The van der Waals surface area contributed by atoms with Crippen LogP contribution in [0.2, 0.25) is 0 Å². The fourth-order valence-electron chi connectivity index (χ4n) is 1.57. The van der Waals surface area contributed by atoms with Crippen LogP contribution in [-0.2, 0) is 0 Å². The Morgan fingerprint density at radius 2 is 2.06 bits per heavy atom. The van der Waals surface area contributed by atoms with Gasteiger partial charge in [-0.15, -0.1) is 0 Å². The van der Waals surface area contributed by atoms with Crippen molar-refractivity contribution in [2.24, 2.45) is 5.16 Å². The Labute approximate surface area is 108 Å². The highest BCUT2D eigenvalue weighted by Gasteiger charge is 2.02. The summed E-state index contributed by atoms with van der Waals surface area (Å²) in [5.74, 6) is 0.795. The van der Waals surface area contributed by atoms with Gasteiger partial charge >= 0.3 is 0 Å². The molecule has 0 aliphatic rings. The molecular weight excluding hydrogens is 228 g/mol. The maximum atomic E-state index is 8.80. The predicted molar refractivity (Wildman–Crippen MR) is 70.0 cm³/mol. The van der Waals surface area contributed by atoms with Crippen molar-refractivity contribution in [2.45, 2.75) is 32.6 Å². The fraction of sp³-hybridized carbons (Fsp3) is 0.429. The molecule has 1 aromatic rings. The summed E-state index contributed by atoms with van der Waals surface area (Å²) in [6.45, 7) is 2.56. The van der Waals surface area contributed by atoms with E-state index >= 15 is 0 Å². The van der Waals surface area contributed by atoms with E-state index in [2.05, 4.69) is 11.2 Å². The van der Waals surface area contributed by atoms with Crippen molar-refractivity contribution in [3.05, 3.63) is 29.8 Å². The lowest BCUT2D eigenvalue weighted by atomic mass is 10.1. The third-order valence-corrected chi connectivity index (χ3v) is 2.59. The number of hydrogen-bond acceptors (Lipinski definition) is 4. The standard InChI is InChI=1S/C14H18N2O2/c1-2-14(16-17)12-6-8-13(9-7-12)18-11-5-3-4-10-15/h6-9,17H,2-5,11H2,1H3. The van der Waals surface area contributed by atoms with Gasteiger partial charge in [-0.2, -0.15) is 5.26 Å². The van der Waals surface area contributed by atoms with Crippen LogP contribution in [0.5, 0.6) is 5.75 Å². The summed E-state index contributed by atoms with van der Waals surface area (Å²) in [6.07, 6.45) is 3.01. The molecule has 4 nitrogen and oxygen atoms in total. The Bertz CT molecular complexity index is 418. The maximum Gasteiger partial charge on any atom is 0.119 e. The average Bonchev–Trinajstić information content (AvgIpc) is 2.41. The molecule has 0 bridgehead atoms. The van der Waals surface area contributed by atoms with Gasteiger partial charge in [0, 0.05) is 6.42 Å². The Morgan fingerprint density at radius 3 is 2.61 bits per heavy atom. The van der Waals surface area contributed by atoms with Crippen LogP contribution in [0.15, 0.2) is 29.4 Å². The highest BCUT2D eigenvalue weighted by atomic mass is 16.5. The molecule has 0 unspecified atom stereocenters. The van der Waals surface area contributed by atoms with Crippen LogP contribution in [0.1, 0.15) is 38.2 Å². The first kappa shape index (κ1) is 14.0. The second kappa shape index (κ2) is 8.13. The summed E-state index contributed by atoms with van der Waals surface area (Å²) in [6, 6.07) is 9.59. The summed E-state index contributed by atoms with van der Waals surface area (Å²) in [5.41, 5.74) is 1.56. The highest BCUT2D eigenvalue weighted by molar-refractivity contribution is 6.00. The molecule has 0 radical (unpaired) electrons. The second-order valence-corrected chi connectivity index (χ2v) is 3.89. The van der Waals surface area contributed by atoms with Crippen LogP contribution < -0.4 is 4.74 Å². The minimum atomic E-state index is 0.578. The predicted octanol–water partition coefficient (Wildman–Crippen LogP) is 3.35. The van der Waals surface area contributed by atoms with Gasteiger partial charge in [-0.05, 0) is 49.1 Å². The summed E-state index contributed by atoms with van der Waals surface area (Å²) >= 11 is 0. The van der Waals surface area contributed by atoms with Gasteiger partial charge in [0.1, 0.15) is 5.75 Å². The van der Waals surface area contributed by atoms with Crippen molar-refractivity contribution >= 4 is 5.71 Å². The first-order chi connectivity index (χ1) is 8.81. The molecule has 1 rings (SSSR count). The molecule has 96 valence electrons. The lowest BCUT2D eigenvalue weighted by molar-refractivity contribution is 0.307. The van der Waals surface area contributed by atoms with E-state index in [0.717, 1.165) is 24.2 Å². The number of nitrogens with zero attached hydrogens (tertiary/aromatic N) is 2. The largest absolute Gasteiger partial charge is 0.494 e. The van der Waals surface area contributed by atoms with Crippen LogP contribution in [0.3, 0.4) is 0 Å². The van der Waals surface area contributed by atoms with Gasteiger partial charge in [0.2, 0.25) is 0 Å². The van der Waals surface area contributed by atoms with Crippen LogP contribution in [-0.4, -0.2) is 17.5 Å². The molecule has 0 atom stereocenters. The zero-order valence-electron chi connectivity index (χ0n) is 10.6. The Kier molecular flexibility index (Phi) is 6.34. The Morgan fingerprint density at radius 1 is 1.33 bits per heavy atom. The summed E-state index contributed by atoms with van der Waals surface area (Å²) in [5, 5.41) is 20.4. The maximum absolute atomic E-state index is 8.80. The van der Waals surface area contributed by atoms with Crippen molar-refractivity contribution in [3.63, 3.8) is 0 Å². The van der Waals surface area contributed by atoms with Crippen molar-refractivity contribution in [2.75, 3.05) is 6.61 Å². The molecule has 1 N–H and O–H groups in total. The SMILES string of the molecule is CCC(=NO)c1ccc(OCCCCC#N)cc1. The molecule has 0 amide bonds. The molecule has 0 fully saturated rings. The van der Waals surface area contributed by atoms with E-state index in [-0.39, 0.29) is 0 Å². The monoisotopic (exact) mass is 246 g/mol. The van der Waals surface area contributed by atoms with E-state index < -0.39 is 0 Å². The normalized spacial score (nSPS) is 11.0. The van der Waals surface area contributed by atoms with E-state index in [4.69, 9.17) is 15.2 Å². The van der Waals surface area contributed by atoms with E-state index in [1.807, 2.05) is 31.2 Å². The van der Waals surface area contributed by atoms with Gasteiger partial charge in [0.25, 0.3) is 0 Å². The molecular formula is C14H18N2O2. The molecule has 0 aromatic heterocycles. The molecule has 0 heterocycles. The van der Waals surface area contributed by atoms with Crippen molar-refractivity contribution in [1.29, 1.82) is 5.26 Å². The van der Waals surface area contributed by atoms with E-state index in [1.165, 1.54) is 0 Å². The van der Waals surface area contributed by atoms with Crippen LogP contribution >= 0.6 is 0 Å². The second-order valence-electron chi connectivity index (χ2n) is 3.89. The number of hydrogen-bond donors (Lipinski definition) is 1. The summed E-state index contributed by atoms with van der Waals surface area (Å²) < 4.78 is 5.54. The number of rotatable bonds is 7. The zero-order valence-corrected chi connectivity index (χ0v) is 10.6. The topological polar surface area (TPSA) is 65.6 Å². The molecule has 0 saturated heterocycles. The smallest absolute Gasteiger partial charge is 0.119 e. The van der Waals surface area contributed by atoms with Gasteiger partial charge in [0.05, 0.1) is 18.4 Å². The van der Waals surface area contributed by atoms with Gasteiger partial charge in [-0.1, -0.05) is 12.1 Å². The van der Waals surface area contributed by atoms with Crippen LogP contribution in [0.4, 0.5) is 0 Å². The summed E-state index contributed by atoms with van der Waals surface area (Å²) in [4.78, 5) is 0. The average molecular weight is 246 g/mol. The van der Waals surface area contributed by atoms with Gasteiger partial charge in [0.15, 0.2) is 0 Å². The van der Waals surface area contributed by atoms with E-state index in [0.29, 0.717) is 25.2 Å². The number of oxime groups is 1. The summed E-state index contributed by atoms with van der Waals surface area (Å²) in [7, 11) is 0. The zero-order chi connectivity index (χ0) is 13.2. The number of ether oxygens (including phenoxy) is 1. The molecule has 4 heteroatoms. The van der Waals surface area contributed by atoms with Crippen molar-refractivity contribution < 1.29 is 9.94 Å². The molecule has 18 heavy (non-hydrogen) atoms. The van der Waals surface area contributed by atoms with Gasteiger partial charge < -0.3 is 9.94 Å². The quantitative estimate of drug-likeness (QED) is 0.347. The number of unbranched alkanes of at least 4 members (excludes halogenated alkanes) is 2.